The molecule has 1 saturated carbocycles. The summed E-state index contributed by atoms with van der Waals surface area (Å²) in [5.74, 6) is -0.288. The number of hydrogen-bond donors (Lipinski definition) is 1. The second-order valence-corrected chi connectivity index (χ2v) is 6.38. The van der Waals surface area contributed by atoms with Crippen LogP contribution < -0.4 is 5.73 Å². The highest BCUT2D eigenvalue weighted by atomic mass is 32.1. The van der Waals surface area contributed by atoms with Crippen molar-refractivity contribution in [2.45, 2.75) is 31.8 Å². The molecule has 2 N–H and O–H groups in total. The van der Waals surface area contributed by atoms with Crippen molar-refractivity contribution in [3.63, 3.8) is 0 Å². The average Bonchev–Trinajstić information content (AvgIpc) is 3.23. The van der Waals surface area contributed by atoms with Crippen LogP contribution in [0.3, 0.4) is 0 Å². The summed E-state index contributed by atoms with van der Waals surface area (Å²) in [4.78, 5) is 18.7. The van der Waals surface area contributed by atoms with E-state index in [1.165, 1.54) is 23.5 Å². The number of thiazole rings is 1. The van der Waals surface area contributed by atoms with E-state index in [2.05, 4.69) is 4.98 Å². The highest BCUT2D eigenvalue weighted by Crippen LogP contribution is 2.28. The Morgan fingerprint density at radius 1 is 1.45 bits per heavy atom. The minimum atomic E-state index is -0.242. The lowest BCUT2D eigenvalue weighted by molar-refractivity contribution is 0.0739. The molecule has 0 saturated heterocycles. The number of rotatable bonds is 6. The van der Waals surface area contributed by atoms with Crippen molar-refractivity contribution < 1.29 is 9.18 Å². The van der Waals surface area contributed by atoms with Crippen LogP contribution in [0.4, 0.5) is 4.39 Å². The van der Waals surface area contributed by atoms with Gasteiger partial charge in [-0.05, 0) is 37.0 Å². The third-order valence-electron chi connectivity index (χ3n) is 3.72. The highest BCUT2D eigenvalue weighted by molar-refractivity contribution is 7.09. The number of aromatic nitrogens is 1. The van der Waals surface area contributed by atoms with E-state index < -0.39 is 0 Å². The maximum absolute atomic E-state index is 13.2. The first-order valence-electron chi connectivity index (χ1n) is 7.37. The molecule has 0 spiro atoms. The molecule has 6 heteroatoms. The topological polar surface area (TPSA) is 59.2 Å². The summed E-state index contributed by atoms with van der Waals surface area (Å²) in [6.45, 7) is 0.938. The first kappa shape index (κ1) is 15.1. The molecule has 1 fully saturated rings. The Labute approximate surface area is 132 Å². The van der Waals surface area contributed by atoms with Crippen LogP contribution in [0.5, 0.6) is 0 Å². The molecule has 0 unspecified atom stereocenters. The summed E-state index contributed by atoms with van der Waals surface area (Å²) in [7, 11) is 0. The number of hydrogen-bond acceptors (Lipinski definition) is 4. The van der Waals surface area contributed by atoms with Crippen molar-refractivity contribution in [3.8, 4) is 0 Å². The van der Waals surface area contributed by atoms with Crippen LogP contribution in [0.15, 0.2) is 29.6 Å². The van der Waals surface area contributed by atoms with E-state index in [1.54, 1.807) is 11.4 Å². The summed E-state index contributed by atoms with van der Waals surface area (Å²) in [5.41, 5.74) is 6.92. The SMILES string of the molecule is NCc1nc(C(=O)N(CCc2cccc(F)c2)C2CC2)cs1. The number of nitrogens with two attached hydrogens (primary N) is 1. The number of amides is 1. The van der Waals surface area contributed by atoms with Crippen LogP contribution in [0.2, 0.25) is 0 Å². The number of nitrogens with zero attached hydrogens (tertiary/aromatic N) is 2. The lowest BCUT2D eigenvalue weighted by Crippen LogP contribution is -2.35. The van der Waals surface area contributed by atoms with Crippen molar-refractivity contribution in [2.75, 3.05) is 6.54 Å². The van der Waals surface area contributed by atoms with Gasteiger partial charge < -0.3 is 10.6 Å². The normalized spacial score (nSPS) is 14.1. The van der Waals surface area contributed by atoms with Gasteiger partial charge in [-0.1, -0.05) is 12.1 Å². The van der Waals surface area contributed by atoms with Gasteiger partial charge in [-0.25, -0.2) is 9.37 Å². The Morgan fingerprint density at radius 2 is 2.27 bits per heavy atom. The van der Waals surface area contributed by atoms with Crippen LogP contribution >= 0.6 is 11.3 Å². The van der Waals surface area contributed by atoms with Gasteiger partial charge in [0, 0.05) is 24.5 Å². The van der Waals surface area contributed by atoms with E-state index in [-0.39, 0.29) is 11.7 Å². The maximum atomic E-state index is 13.2. The molecule has 1 aromatic heterocycles. The standard InChI is InChI=1S/C16H18FN3OS/c17-12-3-1-2-11(8-12)6-7-20(13-4-5-13)16(21)14-10-22-15(9-18)19-14/h1-3,8,10,13H,4-7,9,18H2. The number of carbonyl (C=O) groups is 1. The number of benzene rings is 1. The number of halogens is 1. The second-order valence-electron chi connectivity index (χ2n) is 5.44. The van der Waals surface area contributed by atoms with Gasteiger partial charge in [0.2, 0.25) is 0 Å². The fourth-order valence-electron chi connectivity index (χ4n) is 2.43. The summed E-state index contributed by atoms with van der Waals surface area (Å²) < 4.78 is 13.2. The fourth-order valence-corrected chi connectivity index (χ4v) is 3.08. The van der Waals surface area contributed by atoms with E-state index in [9.17, 15) is 9.18 Å². The average molecular weight is 319 g/mol. The van der Waals surface area contributed by atoms with Crippen LogP contribution in [-0.4, -0.2) is 28.4 Å². The Morgan fingerprint density at radius 3 is 2.91 bits per heavy atom. The summed E-state index contributed by atoms with van der Waals surface area (Å²) in [6.07, 6.45) is 2.71. The molecule has 0 radical (unpaired) electrons. The molecule has 1 amide bonds. The second kappa shape index (κ2) is 6.54. The maximum Gasteiger partial charge on any atom is 0.273 e. The molecule has 4 nitrogen and oxygen atoms in total. The molecule has 2 aromatic rings. The van der Waals surface area contributed by atoms with E-state index in [4.69, 9.17) is 5.73 Å². The summed E-state index contributed by atoms with van der Waals surface area (Å²) >= 11 is 1.41. The van der Waals surface area contributed by atoms with Crippen molar-refractivity contribution in [1.29, 1.82) is 0 Å². The van der Waals surface area contributed by atoms with Crippen molar-refractivity contribution in [2.24, 2.45) is 5.73 Å². The molecule has 1 aliphatic carbocycles. The quantitative estimate of drug-likeness (QED) is 0.890. The monoisotopic (exact) mass is 319 g/mol. The molecular weight excluding hydrogens is 301 g/mol. The molecule has 0 aliphatic heterocycles. The van der Waals surface area contributed by atoms with Crippen LogP contribution in [-0.2, 0) is 13.0 Å². The summed E-state index contributed by atoms with van der Waals surface area (Å²) in [6, 6.07) is 6.82. The Hall–Kier alpha value is -1.79. The minimum absolute atomic E-state index is 0.0464. The lowest BCUT2D eigenvalue weighted by atomic mass is 10.1. The molecule has 0 atom stereocenters. The third kappa shape index (κ3) is 3.51. The Bertz CT molecular complexity index is 669. The molecule has 116 valence electrons. The molecule has 22 heavy (non-hydrogen) atoms. The van der Waals surface area contributed by atoms with Crippen molar-refractivity contribution in [3.05, 3.63) is 51.7 Å². The molecule has 3 rings (SSSR count). The highest BCUT2D eigenvalue weighted by Gasteiger charge is 2.33. The molecule has 0 bridgehead atoms. The van der Waals surface area contributed by atoms with Gasteiger partial charge in [-0.3, -0.25) is 4.79 Å². The van der Waals surface area contributed by atoms with E-state index in [1.807, 2.05) is 11.0 Å². The third-order valence-corrected chi connectivity index (χ3v) is 4.60. The fraction of sp³-hybridized carbons (Fsp3) is 0.375. The van der Waals surface area contributed by atoms with E-state index >= 15 is 0 Å². The smallest absolute Gasteiger partial charge is 0.273 e. The van der Waals surface area contributed by atoms with Gasteiger partial charge in [0.1, 0.15) is 16.5 Å². The van der Waals surface area contributed by atoms with Gasteiger partial charge in [0.05, 0.1) is 0 Å². The van der Waals surface area contributed by atoms with Gasteiger partial charge in [0.25, 0.3) is 5.91 Å². The minimum Gasteiger partial charge on any atom is -0.334 e. The van der Waals surface area contributed by atoms with Gasteiger partial charge in [-0.2, -0.15) is 0 Å². The Balaban J connectivity index is 1.68. The zero-order chi connectivity index (χ0) is 15.5. The van der Waals surface area contributed by atoms with E-state index in [0.29, 0.717) is 31.2 Å². The van der Waals surface area contributed by atoms with Gasteiger partial charge in [0.15, 0.2) is 0 Å². The van der Waals surface area contributed by atoms with Crippen molar-refractivity contribution >= 4 is 17.2 Å². The predicted octanol–water partition coefficient (Wildman–Crippen LogP) is 2.59. The predicted molar refractivity (Wildman–Crippen MR) is 84.2 cm³/mol. The summed E-state index contributed by atoms with van der Waals surface area (Å²) in [5, 5.41) is 2.53. The zero-order valence-electron chi connectivity index (χ0n) is 12.2. The van der Waals surface area contributed by atoms with Gasteiger partial charge >= 0.3 is 0 Å². The van der Waals surface area contributed by atoms with Crippen molar-refractivity contribution in [1.82, 2.24) is 9.88 Å². The zero-order valence-corrected chi connectivity index (χ0v) is 13.0. The van der Waals surface area contributed by atoms with Gasteiger partial charge in [-0.15, -0.1) is 11.3 Å². The number of carbonyl (C=O) groups excluding carboxylic acids is 1. The molecular formula is C16H18FN3OS. The largest absolute Gasteiger partial charge is 0.334 e. The van der Waals surface area contributed by atoms with Crippen LogP contribution in [0.1, 0.15) is 33.9 Å². The first-order valence-corrected chi connectivity index (χ1v) is 8.25. The lowest BCUT2D eigenvalue weighted by Gasteiger charge is -2.21. The molecule has 1 aliphatic rings. The van der Waals surface area contributed by atoms with Crippen LogP contribution in [0.25, 0.3) is 0 Å². The molecule has 1 aromatic carbocycles. The Kier molecular flexibility index (Phi) is 4.49. The van der Waals surface area contributed by atoms with E-state index in [0.717, 1.165) is 23.4 Å². The van der Waals surface area contributed by atoms with Crippen LogP contribution in [0, 0.1) is 5.82 Å². The molecule has 1 heterocycles. The first-order chi connectivity index (χ1) is 10.7.